The average molecular weight is 719 g/mol. The molecule has 10 aromatic rings. The van der Waals surface area contributed by atoms with Gasteiger partial charge in [-0.2, -0.15) is 0 Å². The highest BCUT2D eigenvalue weighted by Crippen LogP contribution is 2.60. The Morgan fingerprint density at radius 2 is 1.23 bits per heavy atom. The number of nitrogens with zero attached hydrogens (tertiary/aromatic N) is 2. The zero-order valence-electron chi connectivity index (χ0n) is 31.1. The van der Waals surface area contributed by atoms with Crippen molar-refractivity contribution in [2.75, 3.05) is 4.90 Å². The predicted molar refractivity (Wildman–Crippen MR) is 227 cm³/mol. The maximum Gasteiger partial charge on any atom is 0.228 e. The average Bonchev–Trinajstić information content (AvgIpc) is 3.96. The Kier molecular flexibility index (Phi) is 5.56. The van der Waals surface area contributed by atoms with Crippen molar-refractivity contribution in [3.63, 3.8) is 0 Å². The third-order valence-electron chi connectivity index (χ3n) is 13.3. The van der Waals surface area contributed by atoms with Crippen molar-refractivity contribution in [3.05, 3.63) is 179 Å². The highest BCUT2D eigenvalue weighted by molar-refractivity contribution is 6.22. The number of hydrogen-bond donors (Lipinski definition) is 0. The number of hydrogen-bond acceptors (Lipinski definition) is 4. The van der Waals surface area contributed by atoms with E-state index in [0.29, 0.717) is 5.89 Å². The van der Waals surface area contributed by atoms with Gasteiger partial charge in [-0.1, -0.05) is 117 Å². The Hall–Kier alpha value is -6.91. The van der Waals surface area contributed by atoms with Gasteiger partial charge in [-0.3, -0.25) is 0 Å². The molecule has 0 fully saturated rings. The molecule has 0 saturated heterocycles. The number of oxazole rings is 1. The van der Waals surface area contributed by atoms with Gasteiger partial charge in [0.1, 0.15) is 16.7 Å². The number of para-hydroxylation sites is 2. The van der Waals surface area contributed by atoms with Crippen molar-refractivity contribution in [3.8, 4) is 33.7 Å². The number of rotatable bonds is 2. The van der Waals surface area contributed by atoms with Crippen LogP contribution in [-0.4, -0.2) is 4.98 Å². The van der Waals surface area contributed by atoms with Gasteiger partial charge in [0.25, 0.3) is 0 Å². The van der Waals surface area contributed by atoms with Crippen molar-refractivity contribution >= 4 is 60.9 Å². The Bertz CT molecular complexity index is 3350. The number of benzene rings is 8. The molecule has 264 valence electrons. The second kappa shape index (κ2) is 10.2. The van der Waals surface area contributed by atoms with E-state index in [0.717, 1.165) is 66.4 Å². The van der Waals surface area contributed by atoms with Crippen molar-refractivity contribution in [1.82, 2.24) is 4.98 Å². The molecule has 0 saturated carbocycles. The molecule has 1 unspecified atom stereocenters. The van der Waals surface area contributed by atoms with Crippen LogP contribution in [0.4, 0.5) is 17.1 Å². The van der Waals surface area contributed by atoms with Gasteiger partial charge in [0.2, 0.25) is 5.89 Å². The monoisotopic (exact) mass is 718 g/mol. The molecule has 0 radical (unpaired) electrons. The van der Waals surface area contributed by atoms with Crippen LogP contribution >= 0.6 is 0 Å². The maximum atomic E-state index is 6.82. The maximum absolute atomic E-state index is 6.82. The second-order valence-corrected chi connectivity index (χ2v) is 16.4. The van der Waals surface area contributed by atoms with Crippen LogP contribution in [0.5, 0.6) is 0 Å². The quantitative estimate of drug-likeness (QED) is 0.178. The Labute approximate surface area is 323 Å². The van der Waals surface area contributed by atoms with Gasteiger partial charge in [0.15, 0.2) is 5.58 Å². The predicted octanol–water partition coefficient (Wildman–Crippen LogP) is 14.0. The first-order valence-corrected chi connectivity index (χ1v) is 19.5. The zero-order valence-corrected chi connectivity index (χ0v) is 31.1. The molecule has 4 heteroatoms. The molecule has 2 aromatic heterocycles. The minimum Gasteiger partial charge on any atom is -0.455 e. The number of anilines is 3. The fourth-order valence-corrected chi connectivity index (χ4v) is 10.6. The first kappa shape index (κ1) is 30.4. The smallest absolute Gasteiger partial charge is 0.228 e. The van der Waals surface area contributed by atoms with Crippen LogP contribution in [0.2, 0.25) is 0 Å². The summed E-state index contributed by atoms with van der Waals surface area (Å²) in [6.45, 7) is 7.21. The molecule has 4 heterocycles. The third kappa shape index (κ3) is 3.63. The molecule has 4 aliphatic rings. The molecule has 0 spiro atoms. The van der Waals surface area contributed by atoms with Gasteiger partial charge in [0, 0.05) is 49.2 Å². The third-order valence-corrected chi connectivity index (χ3v) is 13.3. The molecule has 4 nitrogen and oxygen atoms in total. The van der Waals surface area contributed by atoms with Crippen molar-refractivity contribution < 1.29 is 8.83 Å². The van der Waals surface area contributed by atoms with E-state index >= 15 is 0 Å². The standard InChI is InChI=1S/C52H34N2O2/c1-51(2)39-17-11-19-43-48(39)35-24-22-29(26-40(35)51)52(3)38-16-7-6-12-31(38)32-25-23-30(27-41(32)52)54(43)44-28-37-47-36(50-53-42-18-8-9-20-45(42)56-50)15-10-21-46(47)55-49(37)34-14-5-4-13-33(34)44/h4-28H,1-3H3. The highest BCUT2D eigenvalue weighted by atomic mass is 16.3. The molecular formula is C52H34N2O2. The normalized spacial score (nSPS) is 17.0. The molecule has 6 bridgehead atoms. The van der Waals surface area contributed by atoms with E-state index in [1.165, 1.54) is 50.1 Å². The summed E-state index contributed by atoms with van der Waals surface area (Å²) in [5.41, 5.74) is 19.0. The Morgan fingerprint density at radius 1 is 0.500 bits per heavy atom. The van der Waals surface area contributed by atoms with Crippen LogP contribution in [0.25, 0.3) is 77.5 Å². The minimum atomic E-state index is -0.336. The fraction of sp³-hybridized carbons (Fsp3) is 0.0962. The fourth-order valence-electron chi connectivity index (χ4n) is 10.6. The van der Waals surface area contributed by atoms with Crippen LogP contribution in [0.3, 0.4) is 0 Å². The van der Waals surface area contributed by atoms with Crippen LogP contribution < -0.4 is 4.90 Å². The van der Waals surface area contributed by atoms with Gasteiger partial charge in [-0.25, -0.2) is 4.98 Å². The molecule has 8 aromatic carbocycles. The van der Waals surface area contributed by atoms with E-state index in [9.17, 15) is 0 Å². The molecule has 0 amide bonds. The molecule has 2 aliphatic carbocycles. The number of fused-ring (bicyclic) bond motifs is 9. The van der Waals surface area contributed by atoms with Crippen LogP contribution in [-0.2, 0) is 10.8 Å². The van der Waals surface area contributed by atoms with Crippen molar-refractivity contribution in [2.24, 2.45) is 0 Å². The van der Waals surface area contributed by atoms with Gasteiger partial charge < -0.3 is 13.7 Å². The molecular weight excluding hydrogens is 685 g/mol. The van der Waals surface area contributed by atoms with E-state index in [2.05, 4.69) is 147 Å². The lowest BCUT2D eigenvalue weighted by molar-refractivity contribution is 0.620. The summed E-state index contributed by atoms with van der Waals surface area (Å²) in [4.78, 5) is 7.47. The topological polar surface area (TPSA) is 42.4 Å². The highest BCUT2D eigenvalue weighted by Gasteiger charge is 2.45. The van der Waals surface area contributed by atoms with Crippen LogP contribution in [0.1, 0.15) is 48.6 Å². The molecule has 1 atom stereocenters. The summed E-state index contributed by atoms with van der Waals surface area (Å²) in [5.74, 6) is 0.584. The lowest BCUT2D eigenvalue weighted by Crippen LogP contribution is -2.24. The molecule has 56 heavy (non-hydrogen) atoms. The van der Waals surface area contributed by atoms with Crippen molar-refractivity contribution in [2.45, 2.75) is 31.6 Å². The summed E-state index contributed by atoms with van der Waals surface area (Å²) < 4.78 is 13.2. The summed E-state index contributed by atoms with van der Waals surface area (Å²) >= 11 is 0. The lowest BCUT2D eigenvalue weighted by atomic mass is 9.72. The molecule has 14 rings (SSSR count). The van der Waals surface area contributed by atoms with Gasteiger partial charge in [-0.15, -0.1) is 0 Å². The SMILES string of the molecule is CC1(C)c2cc3ccc2-c2c(cccc21)N(c1cc2c(oc4cccc(-c5nc6ccccc6o5)c42)c2ccccc12)c1ccc2c(c1)C3(C)c1ccccc1-2. The largest absolute Gasteiger partial charge is 0.455 e. The van der Waals surface area contributed by atoms with E-state index in [1.807, 2.05) is 30.3 Å². The van der Waals surface area contributed by atoms with E-state index in [4.69, 9.17) is 13.8 Å². The van der Waals surface area contributed by atoms with Crippen molar-refractivity contribution in [1.29, 1.82) is 0 Å². The molecule has 0 N–H and O–H groups in total. The summed E-state index contributed by atoms with van der Waals surface area (Å²) in [6, 6.07) is 55.5. The second-order valence-electron chi connectivity index (χ2n) is 16.4. The summed E-state index contributed by atoms with van der Waals surface area (Å²) in [7, 11) is 0. The van der Waals surface area contributed by atoms with Crippen LogP contribution in [0, 0.1) is 0 Å². The van der Waals surface area contributed by atoms with E-state index < -0.39 is 0 Å². The number of aromatic nitrogens is 1. The van der Waals surface area contributed by atoms with E-state index in [1.54, 1.807) is 0 Å². The minimum absolute atomic E-state index is 0.187. The Morgan fingerprint density at radius 3 is 2.14 bits per heavy atom. The molecule has 2 aliphatic heterocycles. The first-order valence-electron chi connectivity index (χ1n) is 19.5. The summed E-state index contributed by atoms with van der Waals surface area (Å²) in [6.07, 6.45) is 0. The lowest BCUT2D eigenvalue weighted by Gasteiger charge is -2.33. The summed E-state index contributed by atoms with van der Waals surface area (Å²) in [5, 5.41) is 4.20. The Balaban J connectivity index is 1.18. The first-order chi connectivity index (χ1) is 27.4. The van der Waals surface area contributed by atoms with Crippen LogP contribution in [0.15, 0.2) is 160 Å². The van der Waals surface area contributed by atoms with Gasteiger partial charge in [0.05, 0.1) is 11.4 Å². The number of furan rings is 1. The van der Waals surface area contributed by atoms with E-state index in [-0.39, 0.29) is 10.8 Å². The van der Waals surface area contributed by atoms with Gasteiger partial charge in [-0.05, 0) is 100.0 Å². The zero-order chi connectivity index (χ0) is 37.1. The van der Waals surface area contributed by atoms with Gasteiger partial charge >= 0.3 is 0 Å².